The Balaban J connectivity index is 1.99. The topological polar surface area (TPSA) is 124 Å². The van der Waals surface area contributed by atoms with Crippen LogP contribution in [-0.4, -0.2) is 68.5 Å². The highest BCUT2D eigenvalue weighted by Crippen LogP contribution is 2.22. The van der Waals surface area contributed by atoms with Crippen LogP contribution in [0.3, 0.4) is 0 Å². The van der Waals surface area contributed by atoms with Crippen LogP contribution in [0.2, 0.25) is 0 Å². The molecule has 0 fully saturated rings. The van der Waals surface area contributed by atoms with Gasteiger partial charge in [0.05, 0.1) is 24.2 Å². The number of benzene rings is 1. The summed E-state index contributed by atoms with van der Waals surface area (Å²) in [6.45, 7) is 8.25. The smallest absolute Gasteiger partial charge is 0.254 e. The lowest BCUT2D eigenvalue weighted by molar-refractivity contribution is -0.138. The summed E-state index contributed by atoms with van der Waals surface area (Å²) in [6.07, 6.45) is 1.09. The highest BCUT2D eigenvalue weighted by atomic mass is 19.1. The second kappa shape index (κ2) is 12.0. The third kappa shape index (κ3) is 6.90. The number of hydrogen-bond donors (Lipinski definition) is 1. The van der Waals surface area contributed by atoms with Crippen molar-refractivity contribution in [2.45, 2.75) is 65.6 Å². The molecule has 0 aliphatic carbocycles. The van der Waals surface area contributed by atoms with Crippen LogP contribution in [0, 0.1) is 30.0 Å². The molecule has 1 aromatic heterocycles. The lowest BCUT2D eigenvalue weighted by Gasteiger charge is -2.29. The molecule has 0 spiro atoms. The molecule has 11 heteroatoms. The van der Waals surface area contributed by atoms with Crippen LogP contribution in [-0.2, 0) is 16.1 Å². The van der Waals surface area contributed by atoms with Crippen LogP contribution >= 0.6 is 0 Å². The lowest BCUT2D eigenvalue weighted by atomic mass is 10.0. The number of nitriles is 1. The maximum Gasteiger partial charge on any atom is 0.254 e. The zero-order valence-corrected chi connectivity index (χ0v) is 22.0. The van der Waals surface area contributed by atoms with Gasteiger partial charge < -0.3 is 15.1 Å². The van der Waals surface area contributed by atoms with E-state index in [0.717, 1.165) is 12.1 Å². The van der Waals surface area contributed by atoms with Crippen LogP contribution < -0.4 is 5.32 Å². The number of aryl methyl sites for hydroxylation is 1. The summed E-state index contributed by atoms with van der Waals surface area (Å²) in [5.74, 6) is -0.262. The molecule has 3 amide bonds. The Kier molecular flexibility index (Phi) is 8.97. The van der Waals surface area contributed by atoms with Gasteiger partial charge in [0.2, 0.25) is 11.8 Å². The number of hydrogen-bond acceptors (Lipinski definition) is 6. The highest BCUT2D eigenvalue weighted by Gasteiger charge is 2.29. The van der Waals surface area contributed by atoms with Crippen LogP contribution in [0.1, 0.15) is 73.6 Å². The summed E-state index contributed by atoms with van der Waals surface area (Å²) in [5.41, 5.74) is 0.118. The lowest BCUT2D eigenvalue weighted by Crippen LogP contribution is -2.47. The minimum atomic E-state index is -0.697. The summed E-state index contributed by atoms with van der Waals surface area (Å²) < 4.78 is 15.8. The predicted molar refractivity (Wildman–Crippen MR) is 134 cm³/mol. The minimum Gasteiger partial charge on any atom is -0.344 e. The van der Waals surface area contributed by atoms with Crippen LogP contribution in [0.5, 0.6) is 0 Å². The van der Waals surface area contributed by atoms with Gasteiger partial charge in [0, 0.05) is 32.1 Å². The van der Waals surface area contributed by atoms with Crippen molar-refractivity contribution in [1.29, 1.82) is 5.26 Å². The highest BCUT2D eigenvalue weighted by molar-refractivity contribution is 5.94. The fourth-order valence-corrected chi connectivity index (χ4v) is 4.37. The number of aromatic nitrogens is 3. The van der Waals surface area contributed by atoms with Gasteiger partial charge in [0.1, 0.15) is 23.5 Å². The quantitative estimate of drug-likeness (QED) is 0.676. The zero-order chi connectivity index (χ0) is 27.3. The van der Waals surface area contributed by atoms with Crippen molar-refractivity contribution in [3.63, 3.8) is 0 Å². The molecule has 37 heavy (non-hydrogen) atoms. The standard InChI is InChI=1S/C26H34FN7O3/c1-16(2)11-22-24-29-18(4)31-34(24)10-9-33(26(37)20-12-19(15-28)13-21(27)14-20)8-6-7-23(35)32(5)17(3)25(36)30-22/h12-14,16-17,22H,6-11H2,1-5H3,(H,30,36)/t17-,22+/m0/s1. The average molecular weight is 512 g/mol. The van der Waals surface area contributed by atoms with Gasteiger partial charge >= 0.3 is 0 Å². The van der Waals surface area contributed by atoms with Gasteiger partial charge in [-0.1, -0.05) is 13.8 Å². The van der Waals surface area contributed by atoms with Crippen molar-refractivity contribution in [1.82, 2.24) is 29.9 Å². The molecule has 1 N–H and O–H groups in total. The third-order valence-electron chi connectivity index (χ3n) is 6.46. The van der Waals surface area contributed by atoms with Gasteiger partial charge in [-0.15, -0.1) is 0 Å². The molecule has 3 rings (SSSR count). The fourth-order valence-electron chi connectivity index (χ4n) is 4.37. The number of amides is 3. The molecule has 0 unspecified atom stereocenters. The first-order valence-corrected chi connectivity index (χ1v) is 12.5. The Hall–Kier alpha value is -3.81. The first-order chi connectivity index (χ1) is 17.5. The van der Waals surface area contributed by atoms with Crippen molar-refractivity contribution in [3.05, 3.63) is 46.8 Å². The number of halogens is 1. The van der Waals surface area contributed by atoms with E-state index in [0.29, 0.717) is 24.5 Å². The maximum atomic E-state index is 14.1. The van der Waals surface area contributed by atoms with E-state index in [9.17, 15) is 24.0 Å². The van der Waals surface area contributed by atoms with E-state index in [4.69, 9.17) is 0 Å². The van der Waals surface area contributed by atoms with Crippen molar-refractivity contribution in [2.24, 2.45) is 5.92 Å². The van der Waals surface area contributed by atoms with E-state index in [-0.39, 0.29) is 54.9 Å². The molecule has 2 atom stereocenters. The Morgan fingerprint density at radius 1 is 1.24 bits per heavy atom. The van der Waals surface area contributed by atoms with Gasteiger partial charge in [-0.2, -0.15) is 10.4 Å². The van der Waals surface area contributed by atoms with E-state index in [2.05, 4.69) is 15.4 Å². The summed E-state index contributed by atoms with van der Waals surface area (Å²) >= 11 is 0. The van der Waals surface area contributed by atoms with Crippen LogP contribution in [0.4, 0.5) is 4.39 Å². The first kappa shape index (κ1) is 27.8. The van der Waals surface area contributed by atoms with Gasteiger partial charge in [-0.3, -0.25) is 14.4 Å². The van der Waals surface area contributed by atoms with Crippen LogP contribution in [0.15, 0.2) is 18.2 Å². The molecular weight excluding hydrogens is 477 g/mol. The van der Waals surface area contributed by atoms with Crippen molar-refractivity contribution >= 4 is 17.7 Å². The molecule has 2 aromatic rings. The monoisotopic (exact) mass is 511 g/mol. The van der Waals surface area contributed by atoms with Gasteiger partial charge in [-0.05, 0) is 50.8 Å². The molecule has 0 saturated carbocycles. The second-order valence-corrected chi connectivity index (χ2v) is 9.85. The molecule has 0 bridgehead atoms. The van der Waals surface area contributed by atoms with Gasteiger partial charge in [-0.25, -0.2) is 14.1 Å². The molecule has 1 aliphatic heterocycles. The Labute approximate surface area is 216 Å². The number of likely N-dealkylation sites (N-methyl/N-ethyl adjacent to an activating group) is 1. The number of rotatable bonds is 3. The number of carbonyl (C=O) groups is 3. The second-order valence-electron chi connectivity index (χ2n) is 9.85. The largest absolute Gasteiger partial charge is 0.344 e. The predicted octanol–water partition coefficient (Wildman–Crippen LogP) is 2.58. The normalized spacial score (nSPS) is 19.7. The zero-order valence-electron chi connectivity index (χ0n) is 22.0. The third-order valence-corrected chi connectivity index (χ3v) is 6.46. The van der Waals surface area contributed by atoms with E-state index in [1.807, 2.05) is 19.9 Å². The molecule has 10 nitrogen and oxygen atoms in total. The Morgan fingerprint density at radius 3 is 2.65 bits per heavy atom. The van der Waals surface area contributed by atoms with Crippen molar-refractivity contribution in [3.8, 4) is 6.07 Å². The molecule has 1 aliphatic rings. The molecule has 1 aromatic carbocycles. The Bertz CT molecular complexity index is 1200. The summed E-state index contributed by atoms with van der Waals surface area (Å²) in [7, 11) is 1.58. The molecule has 0 saturated heterocycles. The van der Waals surface area contributed by atoms with Gasteiger partial charge in [0.25, 0.3) is 5.91 Å². The summed E-state index contributed by atoms with van der Waals surface area (Å²) in [5, 5.41) is 16.7. The number of nitrogens with zero attached hydrogens (tertiary/aromatic N) is 6. The summed E-state index contributed by atoms with van der Waals surface area (Å²) in [6, 6.07) is 4.27. The maximum absolute atomic E-state index is 14.1. The fraction of sp³-hybridized carbons (Fsp3) is 0.538. The van der Waals surface area contributed by atoms with Crippen molar-refractivity contribution < 1.29 is 18.8 Å². The first-order valence-electron chi connectivity index (χ1n) is 12.5. The Morgan fingerprint density at radius 2 is 1.97 bits per heavy atom. The molecule has 198 valence electrons. The average Bonchev–Trinajstić information content (AvgIpc) is 3.23. The molecule has 0 radical (unpaired) electrons. The van der Waals surface area contributed by atoms with E-state index in [1.165, 1.54) is 15.9 Å². The number of carbonyl (C=O) groups excluding carboxylic acids is 3. The van der Waals surface area contributed by atoms with Gasteiger partial charge in [0.15, 0.2) is 0 Å². The molecular formula is C26H34FN7O3. The molecule has 2 heterocycles. The van der Waals surface area contributed by atoms with E-state index in [1.54, 1.807) is 25.6 Å². The number of nitrogens with one attached hydrogen (secondary N) is 1. The van der Waals surface area contributed by atoms with E-state index < -0.39 is 23.8 Å². The number of fused-ring (bicyclic) bond motifs is 1. The van der Waals surface area contributed by atoms with E-state index >= 15 is 0 Å². The van der Waals surface area contributed by atoms with Crippen molar-refractivity contribution in [2.75, 3.05) is 20.1 Å². The summed E-state index contributed by atoms with van der Waals surface area (Å²) in [4.78, 5) is 46.8. The van der Waals surface area contributed by atoms with Crippen LogP contribution in [0.25, 0.3) is 0 Å². The minimum absolute atomic E-state index is 0.0534. The SMILES string of the molecule is Cc1nc2n(n1)CCN(C(=O)c1cc(F)cc(C#N)c1)CCCC(=O)N(C)[C@@H](C)C(=O)N[C@@H]2CC(C)C.